The Balaban J connectivity index is 2.72. The Morgan fingerprint density at radius 1 is 1.12 bits per heavy atom. The number of nitrogens with one attached hydrogen (secondary N) is 1. The van der Waals surface area contributed by atoms with Gasteiger partial charge in [-0.15, -0.1) is 0 Å². The first-order valence-corrected chi connectivity index (χ1v) is 4.34. The first kappa shape index (κ1) is 12.4. The van der Waals surface area contributed by atoms with Crippen LogP contribution in [0.25, 0.3) is 0 Å². The van der Waals surface area contributed by atoms with Gasteiger partial charge in [0, 0.05) is 14.2 Å². The van der Waals surface area contributed by atoms with Crippen LogP contribution in [0.3, 0.4) is 0 Å². The van der Waals surface area contributed by atoms with Crippen molar-refractivity contribution < 1.29 is 14.6 Å². The van der Waals surface area contributed by atoms with Crippen molar-refractivity contribution in [1.29, 1.82) is 0 Å². The Morgan fingerprint density at radius 2 is 1.62 bits per heavy atom. The topological polar surface area (TPSA) is 141 Å². The van der Waals surface area contributed by atoms with Gasteiger partial charge in [-0.1, -0.05) is 0 Å². The van der Waals surface area contributed by atoms with Crippen LogP contribution >= 0.6 is 0 Å². The fraction of sp³-hybridized carbons (Fsp3) is 0.571. The van der Waals surface area contributed by atoms with E-state index in [1.807, 2.05) is 0 Å². The molecule has 1 rings (SSSR count). The maximum Gasteiger partial charge on any atom is 0.231 e. The van der Waals surface area contributed by atoms with E-state index in [9.17, 15) is 5.11 Å². The van der Waals surface area contributed by atoms with E-state index in [1.165, 1.54) is 14.2 Å². The molecule has 1 heterocycles. The lowest BCUT2D eigenvalue weighted by molar-refractivity contribution is -0.155. The van der Waals surface area contributed by atoms with Crippen LogP contribution in [0.4, 0.5) is 17.8 Å². The number of hydrogen-bond acceptors (Lipinski definition) is 9. The van der Waals surface area contributed by atoms with Crippen LogP contribution in [0.5, 0.6) is 0 Å². The zero-order valence-corrected chi connectivity index (χ0v) is 8.91. The van der Waals surface area contributed by atoms with E-state index in [0.717, 1.165) is 0 Å². The van der Waals surface area contributed by atoms with E-state index in [2.05, 4.69) is 20.3 Å². The summed E-state index contributed by atoms with van der Waals surface area (Å²) in [5.41, 5.74) is 10.7. The van der Waals surface area contributed by atoms with Crippen molar-refractivity contribution in [2.24, 2.45) is 0 Å². The molecule has 0 aliphatic rings. The van der Waals surface area contributed by atoms with Gasteiger partial charge in [-0.2, -0.15) is 15.0 Å². The fourth-order valence-corrected chi connectivity index (χ4v) is 1.03. The summed E-state index contributed by atoms with van der Waals surface area (Å²) < 4.78 is 9.65. The van der Waals surface area contributed by atoms with Crippen molar-refractivity contribution in [2.75, 3.05) is 31.0 Å². The van der Waals surface area contributed by atoms with E-state index in [-0.39, 0.29) is 17.8 Å². The molecule has 0 spiro atoms. The van der Waals surface area contributed by atoms with Gasteiger partial charge in [-0.3, -0.25) is 0 Å². The number of ether oxygens (including phenoxy) is 2. The number of aliphatic hydroxyl groups is 1. The average Bonchev–Trinajstić information content (AvgIpc) is 2.17. The van der Waals surface area contributed by atoms with Crippen LogP contribution < -0.4 is 16.8 Å². The smallest absolute Gasteiger partial charge is 0.231 e. The Hall–Kier alpha value is -1.71. The van der Waals surface area contributed by atoms with Crippen molar-refractivity contribution in [3.63, 3.8) is 0 Å². The zero-order chi connectivity index (χ0) is 12.1. The molecule has 1 unspecified atom stereocenters. The second-order valence-electron chi connectivity index (χ2n) is 2.80. The number of methoxy groups -OCH3 is 2. The van der Waals surface area contributed by atoms with E-state index < -0.39 is 12.5 Å². The molecule has 1 aromatic rings. The molecule has 0 aromatic carbocycles. The second-order valence-corrected chi connectivity index (χ2v) is 2.80. The summed E-state index contributed by atoms with van der Waals surface area (Å²) in [7, 11) is 2.77. The number of anilines is 3. The van der Waals surface area contributed by atoms with Gasteiger partial charge in [-0.05, 0) is 0 Å². The van der Waals surface area contributed by atoms with Gasteiger partial charge >= 0.3 is 0 Å². The number of hydrogen-bond donors (Lipinski definition) is 4. The predicted octanol–water partition coefficient (Wildman–Crippen LogP) is -1.61. The zero-order valence-electron chi connectivity index (χ0n) is 8.91. The molecule has 0 saturated heterocycles. The summed E-state index contributed by atoms with van der Waals surface area (Å²) in [4.78, 5) is 11.0. The van der Waals surface area contributed by atoms with Gasteiger partial charge in [0.05, 0.1) is 0 Å². The number of aliphatic hydroxyl groups excluding tert-OH is 1. The summed E-state index contributed by atoms with van der Waals surface area (Å²) in [5.74, 6) is -0.0567. The molecular formula is C7H14N6O3. The van der Waals surface area contributed by atoms with Crippen molar-refractivity contribution in [2.45, 2.75) is 12.5 Å². The largest absolute Gasteiger partial charge is 0.369 e. The molecule has 0 amide bonds. The normalized spacial score (nSPS) is 12.8. The third-order valence-electron chi connectivity index (χ3n) is 1.67. The van der Waals surface area contributed by atoms with Crippen molar-refractivity contribution in [3.05, 3.63) is 0 Å². The lowest BCUT2D eigenvalue weighted by Gasteiger charge is -2.20. The number of nitrogen functional groups attached to an aromatic ring is 2. The molecule has 1 aromatic heterocycles. The van der Waals surface area contributed by atoms with E-state index in [4.69, 9.17) is 20.9 Å². The van der Waals surface area contributed by atoms with Crippen LogP contribution in [0.1, 0.15) is 0 Å². The third kappa shape index (κ3) is 3.15. The minimum atomic E-state index is -1.16. The molecule has 0 radical (unpaired) electrons. The molecule has 90 valence electrons. The standard InChI is InChI=1S/C7H14N6O3/c1-15-4(16-2)3(14)10-7-12-5(8)11-6(9)13-7/h3-4,14H,1-2H3,(H5,8,9,10,11,12,13). The van der Waals surface area contributed by atoms with Gasteiger partial charge in [-0.25, -0.2) is 0 Å². The van der Waals surface area contributed by atoms with E-state index >= 15 is 0 Å². The summed E-state index contributed by atoms with van der Waals surface area (Å²) in [6.07, 6.45) is -2.02. The fourth-order valence-electron chi connectivity index (χ4n) is 1.03. The Labute approximate surface area is 91.8 Å². The highest BCUT2D eigenvalue weighted by molar-refractivity contribution is 5.37. The predicted molar refractivity (Wildman–Crippen MR) is 56.1 cm³/mol. The van der Waals surface area contributed by atoms with E-state index in [0.29, 0.717) is 0 Å². The summed E-state index contributed by atoms with van der Waals surface area (Å²) in [5, 5.41) is 12.1. The third-order valence-corrected chi connectivity index (χ3v) is 1.67. The van der Waals surface area contributed by atoms with Gasteiger partial charge < -0.3 is 31.4 Å². The van der Waals surface area contributed by atoms with Crippen molar-refractivity contribution in [3.8, 4) is 0 Å². The van der Waals surface area contributed by atoms with Crippen LogP contribution in [-0.2, 0) is 9.47 Å². The van der Waals surface area contributed by atoms with Gasteiger partial charge in [0.1, 0.15) is 0 Å². The molecule has 0 aliphatic carbocycles. The number of rotatable bonds is 5. The monoisotopic (exact) mass is 230 g/mol. The second kappa shape index (κ2) is 5.39. The molecule has 0 bridgehead atoms. The Morgan fingerprint density at radius 3 is 2.06 bits per heavy atom. The van der Waals surface area contributed by atoms with Crippen LogP contribution in [-0.4, -0.2) is 46.8 Å². The molecule has 1 atom stereocenters. The first-order valence-electron chi connectivity index (χ1n) is 4.34. The number of nitrogens with two attached hydrogens (primary N) is 2. The molecule has 0 fully saturated rings. The van der Waals surface area contributed by atoms with Crippen molar-refractivity contribution in [1.82, 2.24) is 15.0 Å². The summed E-state index contributed by atoms with van der Waals surface area (Å²) >= 11 is 0. The SMILES string of the molecule is COC(OC)C(O)Nc1nc(N)nc(N)n1. The quantitative estimate of drug-likeness (QED) is 0.439. The molecule has 0 aliphatic heterocycles. The minimum absolute atomic E-state index is 0.0385. The van der Waals surface area contributed by atoms with Gasteiger partial charge in [0.2, 0.25) is 24.1 Å². The lowest BCUT2D eigenvalue weighted by Crippen LogP contribution is -2.36. The minimum Gasteiger partial charge on any atom is -0.369 e. The average molecular weight is 230 g/mol. The van der Waals surface area contributed by atoms with Crippen LogP contribution in [0.2, 0.25) is 0 Å². The van der Waals surface area contributed by atoms with Gasteiger partial charge in [0.25, 0.3) is 0 Å². The number of nitrogens with zero attached hydrogens (tertiary/aromatic N) is 3. The summed E-state index contributed by atoms with van der Waals surface area (Å²) in [6.45, 7) is 0. The maximum atomic E-state index is 9.60. The highest BCUT2D eigenvalue weighted by Gasteiger charge is 2.18. The maximum absolute atomic E-state index is 9.60. The lowest BCUT2D eigenvalue weighted by atomic mass is 10.5. The van der Waals surface area contributed by atoms with Gasteiger partial charge in [0.15, 0.2) is 6.23 Å². The molecule has 9 heteroatoms. The number of aromatic nitrogens is 3. The molecule has 0 saturated carbocycles. The van der Waals surface area contributed by atoms with Crippen molar-refractivity contribution >= 4 is 17.8 Å². The summed E-state index contributed by atoms with van der Waals surface area (Å²) in [6, 6.07) is 0. The van der Waals surface area contributed by atoms with E-state index in [1.54, 1.807) is 0 Å². The molecule has 9 nitrogen and oxygen atoms in total. The Bertz CT molecular complexity index is 325. The molecule has 16 heavy (non-hydrogen) atoms. The molecular weight excluding hydrogens is 216 g/mol. The van der Waals surface area contributed by atoms with Crippen LogP contribution in [0, 0.1) is 0 Å². The first-order chi connectivity index (χ1) is 7.56. The molecule has 6 N–H and O–H groups in total. The van der Waals surface area contributed by atoms with Crippen LogP contribution in [0.15, 0.2) is 0 Å². The highest BCUT2D eigenvalue weighted by Crippen LogP contribution is 2.07. The highest BCUT2D eigenvalue weighted by atomic mass is 16.7. The Kier molecular flexibility index (Phi) is 4.17.